The van der Waals surface area contributed by atoms with Crippen molar-refractivity contribution in [2.24, 2.45) is 11.1 Å². The maximum Gasteiger partial charge on any atom is 0.142 e. The Morgan fingerprint density at radius 1 is 1.56 bits per heavy atom. The number of halogens is 2. The Hall–Kier alpha value is -0.640. The highest BCUT2D eigenvalue weighted by Crippen LogP contribution is 2.36. The summed E-state index contributed by atoms with van der Waals surface area (Å²) in [5.74, 6) is -0.520. The Bertz CT molecular complexity index is 366. The van der Waals surface area contributed by atoms with Crippen molar-refractivity contribution in [3.8, 4) is 0 Å². The molecule has 0 spiro atoms. The monoisotopic (exact) mass is 245 g/mol. The van der Waals surface area contributed by atoms with Crippen LogP contribution in [0.25, 0.3) is 0 Å². The van der Waals surface area contributed by atoms with Crippen molar-refractivity contribution in [2.45, 2.75) is 26.4 Å². The van der Waals surface area contributed by atoms with Gasteiger partial charge in [0.1, 0.15) is 5.82 Å². The maximum absolute atomic E-state index is 13.3. The second-order valence-electron chi connectivity index (χ2n) is 4.29. The summed E-state index contributed by atoms with van der Waals surface area (Å²) in [5, 5.41) is 10.2. The fourth-order valence-electron chi connectivity index (χ4n) is 1.53. The molecule has 0 fully saturated rings. The quantitative estimate of drug-likeness (QED) is 0.857. The Balaban J connectivity index is 3.04. The lowest BCUT2D eigenvalue weighted by Crippen LogP contribution is -2.33. The van der Waals surface area contributed by atoms with Gasteiger partial charge < -0.3 is 10.8 Å². The Labute approximate surface area is 100 Å². The van der Waals surface area contributed by atoms with Gasteiger partial charge in [-0.15, -0.1) is 0 Å². The van der Waals surface area contributed by atoms with Crippen molar-refractivity contribution in [2.75, 3.05) is 6.54 Å². The average molecular weight is 246 g/mol. The van der Waals surface area contributed by atoms with Gasteiger partial charge >= 0.3 is 0 Å². The molecule has 2 nitrogen and oxygen atoms in total. The largest absolute Gasteiger partial charge is 0.388 e. The highest BCUT2D eigenvalue weighted by molar-refractivity contribution is 6.30. The first-order valence-corrected chi connectivity index (χ1v) is 5.65. The van der Waals surface area contributed by atoms with Crippen LogP contribution < -0.4 is 5.73 Å². The first-order chi connectivity index (χ1) is 7.44. The Morgan fingerprint density at radius 2 is 2.19 bits per heavy atom. The van der Waals surface area contributed by atoms with Crippen LogP contribution in [-0.4, -0.2) is 11.7 Å². The zero-order chi connectivity index (χ0) is 12.3. The molecule has 0 saturated heterocycles. The number of rotatable bonds is 4. The smallest absolute Gasteiger partial charge is 0.142 e. The van der Waals surface area contributed by atoms with Gasteiger partial charge in [-0.2, -0.15) is 0 Å². The van der Waals surface area contributed by atoms with Crippen LogP contribution in [0.4, 0.5) is 4.39 Å². The minimum Gasteiger partial charge on any atom is -0.388 e. The molecule has 4 heteroatoms. The third kappa shape index (κ3) is 2.54. The van der Waals surface area contributed by atoms with Gasteiger partial charge in [0.15, 0.2) is 0 Å². The molecule has 0 aliphatic carbocycles. The van der Waals surface area contributed by atoms with Crippen LogP contribution in [0, 0.1) is 11.2 Å². The molecule has 0 heterocycles. The van der Waals surface area contributed by atoms with Gasteiger partial charge in [-0.05, 0) is 24.1 Å². The van der Waals surface area contributed by atoms with E-state index in [9.17, 15) is 9.50 Å². The van der Waals surface area contributed by atoms with Gasteiger partial charge in [-0.3, -0.25) is 0 Å². The first-order valence-electron chi connectivity index (χ1n) is 5.27. The third-order valence-corrected chi connectivity index (χ3v) is 3.50. The van der Waals surface area contributed by atoms with E-state index < -0.39 is 17.3 Å². The minimum atomic E-state index is -0.783. The van der Waals surface area contributed by atoms with Crippen LogP contribution in [0.3, 0.4) is 0 Å². The highest BCUT2D eigenvalue weighted by Gasteiger charge is 2.31. The fraction of sp³-hybridized carbons (Fsp3) is 0.500. The molecule has 0 aromatic heterocycles. The molecule has 3 N–H and O–H groups in total. The van der Waals surface area contributed by atoms with E-state index in [0.29, 0.717) is 12.1 Å². The van der Waals surface area contributed by atoms with Gasteiger partial charge in [0.2, 0.25) is 0 Å². The van der Waals surface area contributed by atoms with Gasteiger partial charge in [0, 0.05) is 12.0 Å². The lowest BCUT2D eigenvalue weighted by Gasteiger charge is -2.32. The van der Waals surface area contributed by atoms with E-state index in [2.05, 4.69) is 0 Å². The van der Waals surface area contributed by atoms with Crippen molar-refractivity contribution < 1.29 is 9.50 Å². The van der Waals surface area contributed by atoms with Crippen LogP contribution in [0.1, 0.15) is 31.9 Å². The zero-order valence-electron chi connectivity index (χ0n) is 9.50. The van der Waals surface area contributed by atoms with Crippen LogP contribution in [0.2, 0.25) is 5.02 Å². The molecule has 16 heavy (non-hydrogen) atoms. The molecule has 1 aromatic rings. The van der Waals surface area contributed by atoms with Crippen LogP contribution in [-0.2, 0) is 0 Å². The predicted octanol–water partition coefficient (Wildman–Crippen LogP) is 2.89. The molecule has 1 rings (SSSR count). The lowest BCUT2D eigenvalue weighted by molar-refractivity contribution is 0.0389. The predicted molar refractivity (Wildman–Crippen MR) is 63.8 cm³/mol. The standard InChI is InChI=1S/C12H17ClFNO/c1-3-12(2,7-15)11(16)8-4-5-9(13)10(14)6-8/h4-6,11,16H,3,7,15H2,1-2H3. The van der Waals surface area contributed by atoms with Crippen molar-refractivity contribution in [3.63, 3.8) is 0 Å². The van der Waals surface area contributed by atoms with E-state index in [4.69, 9.17) is 17.3 Å². The van der Waals surface area contributed by atoms with Crippen LogP contribution in [0.5, 0.6) is 0 Å². The van der Waals surface area contributed by atoms with E-state index >= 15 is 0 Å². The molecule has 2 unspecified atom stereocenters. The van der Waals surface area contributed by atoms with E-state index in [-0.39, 0.29) is 5.02 Å². The van der Waals surface area contributed by atoms with Gasteiger partial charge in [-0.25, -0.2) is 4.39 Å². The topological polar surface area (TPSA) is 46.2 Å². The van der Waals surface area contributed by atoms with E-state index in [1.807, 2.05) is 13.8 Å². The molecule has 0 radical (unpaired) electrons. The number of nitrogens with two attached hydrogens (primary N) is 1. The molecule has 0 amide bonds. The summed E-state index contributed by atoms with van der Waals surface area (Å²) in [5.41, 5.74) is 5.71. The Kier molecular flexibility index (Phi) is 4.30. The second kappa shape index (κ2) is 5.13. The number of hydrogen-bond acceptors (Lipinski definition) is 2. The number of aliphatic hydroxyl groups is 1. The van der Waals surface area contributed by atoms with Crippen molar-refractivity contribution in [1.82, 2.24) is 0 Å². The highest BCUT2D eigenvalue weighted by atomic mass is 35.5. The molecule has 1 aromatic carbocycles. The van der Waals surface area contributed by atoms with Crippen molar-refractivity contribution in [1.29, 1.82) is 0 Å². The molecule has 0 aliphatic rings. The third-order valence-electron chi connectivity index (χ3n) is 3.19. The van der Waals surface area contributed by atoms with Crippen LogP contribution in [0.15, 0.2) is 18.2 Å². The lowest BCUT2D eigenvalue weighted by atomic mass is 9.78. The summed E-state index contributed by atoms with van der Waals surface area (Å²) in [7, 11) is 0. The summed E-state index contributed by atoms with van der Waals surface area (Å²) < 4.78 is 13.3. The van der Waals surface area contributed by atoms with E-state index in [1.54, 1.807) is 6.07 Å². The SMILES string of the molecule is CCC(C)(CN)C(O)c1ccc(Cl)c(F)c1. The normalized spacial score (nSPS) is 16.9. The molecule has 2 atom stereocenters. The minimum absolute atomic E-state index is 0.0573. The van der Waals surface area contributed by atoms with Crippen molar-refractivity contribution in [3.05, 3.63) is 34.6 Å². The molecule has 0 saturated carbocycles. The zero-order valence-corrected chi connectivity index (χ0v) is 10.3. The molecule has 0 bridgehead atoms. The summed E-state index contributed by atoms with van der Waals surface area (Å²) in [6.45, 7) is 4.17. The number of benzene rings is 1. The van der Waals surface area contributed by atoms with Gasteiger partial charge in [-0.1, -0.05) is 31.5 Å². The Morgan fingerprint density at radius 3 is 2.62 bits per heavy atom. The van der Waals surface area contributed by atoms with E-state index in [1.165, 1.54) is 12.1 Å². The second-order valence-corrected chi connectivity index (χ2v) is 4.69. The molecule has 0 aliphatic heterocycles. The number of aliphatic hydroxyl groups excluding tert-OH is 1. The maximum atomic E-state index is 13.3. The molecular formula is C12H17ClFNO. The summed E-state index contributed by atoms with van der Waals surface area (Å²) in [6, 6.07) is 4.33. The number of hydrogen-bond donors (Lipinski definition) is 2. The van der Waals surface area contributed by atoms with Crippen molar-refractivity contribution >= 4 is 11.6 Å². The average Bonchev–Trinajstić information content (AvgIpc) is 2.30. The molecule has 90 valence electrons. The van der Waals surface area contributed by atoms with Gasteiger partial charge in [0.05, 0.1) is 11.1 Å². The van der Waals surface area contributed by atoms with Gasteiger partial charge in [0.25, 0.3) is 0 Å². The first kappa shape index (κ1) is 13.4. The van der Waals surface area contributed by atoms with Crippen LogP contribution >= 0.6 is 11.6 Å². The summed E-state index contributed by atoms with van der Waals surface area (Å²) in [4.78, 5) is 0. The molecular weight excluding hydrogens is 229 g/mol. The summed E-state index contributed by atoms with van der Waals surface area (Å²) >= 11 is 5.59. The van der Waals surface area contributed by atoms with E-state index in [0.717, 1.165) is 6.42 Å². The fourth-order valence-corrected chi connectivity index (χ4v) is 1.65. The summed E-state index contributed by atoms with van der Waals surface area (Å²) in [6.07, 6.45) is -0.0659.